The molecule has 0 atom stereocenters. The SMILES string of the molecule is C(#CC12CC(C#Cc3cc(C#CC45CC(C#Cc6ccnc(-c7ccccn7)c6)(C4)C5)c(C#CC45CC(C#Cc6ccnc(-c7ccccn7)c6)(C4)C5)cc3C#CC34CC(C#Cc5ccnc(-c6ccccn6)c5)(C3)C4)(C1)C2)c1ccnc(-c2ccccn2)c1. The number of nitrogens with zero attached hydrogens (tertiary/aromatic N) is 8. The van der Waals surface area contributed by atoms with E-state index in [0.29, 0.717) is 0 Å². The number of rotatable bonds is 4. The van der Waals surface area contributed by atoms with Gasteiger partial charge in [-0.2, -0.15) is 0 Å². The van der Waals surface area contributed by atoms with Gasteiger partial charge in [0, 0.05) is 137 Å². The van der Waals surface area contributed by atoms with E-state index in [1.165, 1.54) is 0 Å². The molecule has 0 unspecified atom stereocenters. The molecular weight excluding hydrogens is 1100 g/mol. The molecule has 422 valence electrons. The van der Waals surface area contributed by atoms with Crippen molar-refractivity contribution in [2.75, 3.05) is 0 Å². The largest absolute Gasteiger partial charge is 0.255 e. The Bertz CT molecular complexity index is 4350. The Morgan fingerprint density at radius 3 is 0.600 bits per heavy atom. The number of aromatic nitrogens is 8. The molecule has 12 aliphatic carbocycles. The van der Waals surface area contributed by atoms with Crippen molar-refractivity contribution in [2.24, 2.45) is 43.3 Å². The number of benzene rings is 1. The fourth-order valence-electron chi connectivity index (χ4n) is 15.5. The van der Waals surface area contributed by atoms with Gasteiger partial charge in [0.05, 0.1) is 45.6 Å². The maximum atomic E-state index is 4.57. The first kappa shape index (κ1) is 53.2. The summed E-state index contributed by atoms with van der Waals surface area (Å²) in [4.78, 5) is 36.3. The molecule has 0 N–H and O–H groups in total. The topological polar surface area (TPSA) is 103 Å². The molecule has 12 aliphatic rings. The van der Waals surface area contributed by atoms with Crippen LogP contribution in [0.2, 0.25) is 0 Å². The lowest BCUT2D eigenvalue weighted by atomic mass is 9.35. The summed E-state index contributed by atoms with van der Waals surface area (Å²) >= 11 is 0. The first-order chi connectivity index (χ1) is 44.0. The highest BCUT2D eigenvalue weighted by atomic mass is 14.8. The van der Waals surface area contributed by atoms with Gasteiger partial charge in [-0.25, -0.2) is 0 Å². The number of hydrogen-bond donors (Lipinski definition) is 0. The van der Waals surface area contributed by atoms with Crippen LogP contribution in [0.25, 0.3) is 45.6 Å². The summed E-state index contributed by atoms with van der Waals surface area (Å²) in [6.07, 6.45) is 25.9. The molecule has 0 aliphatic heterocycles. The first-order valence-corrected chi connectivity index (χ1v) is 30.9. The maximum absolute atomic E-state index is 4.57. The van der Waals surface area contributed by atoms with Gasteiger partial charge in [-0.3, -0.25) is 39.9 Å². The molecule has 8 heteroatoms. The van der Waals surface area contributed by atoms with Crippen LogP contribution in [0.4, 0.5) is 0 Å². The summed E-state index contributed by atoms with van der Waals surface area (Å²) in [5.74, 6) is 58.9. The summed E-state index contributed by atoms with van der Waals surface area (Å²) in [6.45, 7) is 0. The van der Waals surface area contributed by atoms with Crippen LogP contribution in [0.1, 0.15) is 122 Å². The van der Waals surface area contributed by atoms with Crippen molar-refractivity contribution < 1.29 is 0 Å². The van der Waals surface area contributed by atoms with Crippen LogP contribution < -0.4 is 0 Å². The average molecular weight is 1150 g/mol. The molecule has 8 aromatic heterocycles. The Hall–Kier alpha value is -11.1. The van der Waals surface area contributed by atoms with E-state index >= 15 is 0 Å². The van der Waals surface area contributed by atoms with Crippen molar-refractivity contribution in [3.8, 4) is 140 Å². The quantitative estimate of drug-likeness (QED) is 0.161. The van der Waals surface area contributed by atoms with Gasteiger partial charge in [-0.05, 0) is 186 Å². The van der Waals surface area contributed by atoms with E-state index in [1.807, 2.05) is 146 Å². The van der Waals surface area contributed by atoms with E-state index in [1.54, 1.807) is 24.8 Å². The second kappa shape index (κ2) is 20.2. The molecule has 21 rings (SSSR count). The van der Waals surface area contributed by atoms with Crippen LogP contribution in [0, 0.1) is 138 Å². The Morgan fingerprint density at radius 1 is 0.200 bits per heavy atom. The van der Waals surface area contributed by atoms with Crippen LogP contribution in [-0.2, 0) is 0 Å². The summed E-state index contributed by atoms with van der Waals surface area (Å²) in [7, 11) is 0. The lowest BCUT2D eigenvalue weighted by Crippen LogP contribution is -2.60. The lowest BCUT2D eigenvalue weighted by Gasteiger charge is -2.65. The van der Waals surface area contributed by atoms with E-state index in [0.717, 1.165) is 167 Å². The van der Waals surface area contributed by atoms with E-state index in [9.17, 15) is 0 Å². The van der Waals surface area contributed by atoms with Crippen LogP contribution in [0.5, 0.6) is 0 Å². The highest BCUT2D eigenvalue weighted by molar-refractivity contribution is 5.66. The van der Waals surface area contributed by atoms with Crippen molar-refractivity contribution >= 4 is 0 Å². The van der Waals surface area contributed by atoms with Crippen LogP contribution in [0.3, 0.4) is 0 Å². The van der Waals surface area contributed by atoms with Gasteiger partial charge >= 0.3 is 0 Å². The molecule has 0 radical (unpaired) electrons. The zero-order chi connectivity index (χ0) is 59.9. The highest BCUT2D eigenvalue weighted by Gasteiger charge is 2.69. The fraction of sp³-hybridized carbons (Fsp3) is 0.244. The van der Waals surface area contributed by atoms with Crippen molar-refractivity contribution in [3.05, 3.63) is 228 Å². The van der Waals surface area contributed by atoms with Gasteiger partial charge in [0.25, 0.3) is 0 Å². The second-order valence-corrected chi connectivity index (χ2v) is 26.9. The molecule has 12 fully saturated rings. The van der Waals surface area contributed by atoms with Crippen LogP contribution in [-0.4, -0.2) is 39.9 Å². The van der Waals surface area contributed by atoms with Crippen molar-refractivity contribution in [1.82, 2.24) is 39.9 Å². The van der Waals surface area contributed by atoms with Gasteiger partial charge in [0.2, 0.25) is 0 Å². The first-order valence-electron chi connectivity index (χ1n) is 30.9. The molecule has 8 bridgehead atoms. The van der Waals surface area contributed by atoms with Crippen molar-refractivity contribution in [3.63, 3.8) is 0 Å². The van der Waals surface area contributed by atoms with Gasteiger partial charge in [-0.15, -0.1) is 0 Å². The Kier molecular flexibility index (Phi) is 12.0. The molecular formula is C82H54N8. The normalized spacial score (nSPS) is 27.6. The lowest BCUT2D eigenvalue weighted by molar-refractivity contribution is -0.113. The third-order valence-electron chi connectivity index (χ3n) is 19.8. The van der Waals surface area contributed by atoms with E-state index < -0.39 is 0 Å². The maximum Gasteiger partial charge on any atom is 0.0898 e. The minimum absolute atomic E-state index is 0.0246. The molecule has 1 aromatic carbocycles. The third-order valence-corrected chi connectivity index (χ3v) is 19.8. The standard InChI is InChI=1S/C82H54N8/c1-5-33-83-67(9-1)71-41-59(21-37-87-71)13-25-75-47-79(48-75,49-75)29-17-63-45-65(19-31-81-53-77(54-81,55-81)27-15-61-23-39-89-73(43-61)69-11-3-7-35-85-69)66(20-32-82-56-78(57-82,58-82)28-16-62-24-40-90-74(44-62)70-12-4-8-36-86-70)46-64(63)18-30-80-50-76(51-80,52-80)26-14-60-22-38-88-72(42-60)68-10-2-6-34-84-68/h1-12,21-24,33-46H,47-58H2. The minimum Gasteiger partial charge on any atom is -0.255 e. The summed E-state index contributed by atoms with van der Waals surface area (Å²) in [6, 6.07) is 43.9. The van der Waals surface area contributed by atoms with E-state index in [4.69, 9.17) is 0 Å². The van der Waals surface area contributed by atoms with Crippen LogP contribution >= 0.6 is 0 Å². The molecule has 0 spiro atoms. The van der Waals surface area contributed by atoms with Gasteiger partial charge in [-0.1, -0.05) is 119 Å². The van der Waals surface area contributed by atoms with Gasteiger partial charge in [0.15, 0.2) is 0 Å². The molecule has 12 saturated carbocycles. The molecule has 90 heavy (non-hydrogen) atoms. The second-order valence-electron chi connectivity index (χ2n) is 26.9. The summed E-state index contributed by atoms with van der Waals surface area (Å²) in [5.41, 5.74) is 13.7. The molecule has 0 amide bonds. The molecule has 9 aromatic rings. The molecule has 8 nitrogen and oxygen atoms in total. The average Bonchev–Trinajstić information content (AvgIpc) is 0.710. The van der Waals surface area contributed by atoms with Crippen molar-refractivity contribution in [1.29, 1.82) is 0 Å². The Balaban J connectivity index is 0.671. The highest BCUT2D eigenvalue weighted by Crippen LogP contribution is 2.75. The molecule has 0 saturated heterocycles. The monoisotopic (exact) mass is 1150 g/mol. The van der Waals surface area contributed by atoms with Crippen molar-refractivity contribution in [2.45, 2.75) is 77.0 Å². The zero-order valence-corrected chi connectivity index (χ0v) is 49.4. The number of hydrogen-bond acceptors (Lipinski definition) is 8. The smallest absolute Gasteiger partial charge is 0.0898 e. The van der Waals surface area contributed by atoms with Crippen LogP contribution in [0.15, 0.2) is 183 Å². The van der Waals surface area contributed by atoms with Gasteiger partial charge in [0.1, 0.15) is 0 Å². The Morgan fingerprint density at radius 2 is 0.400 bits per heavy atom. The fourth-order valence-corrected chi connectivity index (χ4v) is 15.5. The van der Waals surface area contributed by atoms with E-state index in [-0.39, 0.29) is 43.3 Å². The zero-order valence-electron chi connectivity index (χ0n) is 49.4. The predicted octanol–water partition coefficient (Wildman–Crippen LogP) is 13.8. The summed E-state index contributed by atoms with van der Waals surface area (Å²) in [5, 5.41) is 0. The van der Waals surface area contributed by atoms with Gasteiger partial charge < -0.3 is 0 Å². The molecule has 8 heterocycles. The Labute approximate surface area is 525 Å². The number of pyridine rings is 8. The van der Waals surface area contributed by atoms with E-state index in [2.05, 4.69) is 147 Å². The predicted molar refractivity (Wildman–Crippen MR) is 346 cm³/mol. The minimum atomic E-state index is -0.0770. The summed E-state index contributed by atoms with van der Waals surface area (Å²) < 4.78 is 0. The third kappa shape index (κ3) is 9.77.